The van der Waals surface area contributed by atoms with Crippen molar-refractivity contribution >= 4 is 5.91 Å². The molecule has 6 heteroatoms. The molecule has 0 spiro atoms. The number of aliphatic hydroxyl groups is 1. The first kappa shape index (κ1) is 21.6. The molecule has 31 heavy (non-hydrogen) atoms. The molecule has 2 heterocycles. The number of nitrogens with zero attached hydrogens (tertiary/aromatic N) is 1. The second kappa shape index (κ2) is 7.83. The van der Waals surface area contributed by atoms with Crippen LogP contribution in [0.25, 0.3) is 0 Å². The fraction of sp³-hybridized carbons (Fsp3) is 0.520. The molecule has 1 aromatic carbocycles. The van der Waals surface area contributed by atoms with Crippen LogP contribution < -0.4 is 10.4 Å². The number of benzene rings is 1. The van der Waals surface area contributed by atoms with E-state index in [2.05, 4.69) is 13.8 Å². The number of amides is 1. The van der Waals surface area contributed by atoms with Crippen LogP contribution in [0.2, 0.25) is 0 Å². The van der Waals surface area contributed by atoms with Crippen LogP contribution in [0.5, 0.6) is 5.75 Å². The fourth-order valence-corrected chi connectivity index (χ4v) is 5.77. The van der Waals surface area contributed by atoms with E-state index >= 15 is 0 Å². The minimum Gasteiger partial charge on any atom is -0.497 e. The van der Waals surface area contributed by atoms with Crippen molar-refractivity contribution in [2.45, 2.75) is 40.0 Å². The molecule has 1 aliphatic carbocycles. The Hall–Kier alpha value is -2.60. The highest BCUT2D eigenvalue weighted by molar-refractivity contribution is 5.95. The van der Waals surface area contributed by atoms with Crippen molar-refractivity contribution in [1.29, 1.82) is 0 Å². The molecular weight excluding hydrogens is 394 g/mol. The first-order chi connectivity index (χ1) is 14.7. The largest absolute Gasteiger partial charge is 0.497 e. The van der Waals surface area contributed by atoms with Crippen molar-refractivity contribution < 1.29 is 19.1 Å². The Bertz CT molecular complexity index is 1040. The highest BCUT2D eigenvalue weighted by Crippen LogP contribution is 2.62. The molecule has 0 unspecified atom stereocenters. The monoisotopic (exact) mass is 425 g/mol. The molecule has 2 aliphatic rings. The topological polar surface area (TPSA) is 80.0 Å². The third-order valence-corrected chi connectivity index (χ3v) is 7.23. The van der Waals surface area contributed by atoms with Crippen molar-refractivity contribution in [3.05, 3.63) is 63.2 Å². The lowest BCUT2D eigenvalue weighted by Crippen LogP contribution is -2.54. The molecule has 2 atom stereocenters. The molecule has 4 rings (SSSR count). The van der Waals surface area contributed by atoms with Gasteiger partial charge in [-0.3, -0.25) is 4.79 Å². The van der Waals surface area contributed by atoms with E-state index in [1.165, 1.54) is 0 Å². The van der Waals surface area contributed by atoms with Crippen LogP contribution in [0.3, 0.4) is 0 Å². The normalized spacial score (nSPS) is 23.9. The maximum Gasteiger partial charge on any atom is 0.349 e. The van der Waals surface area contributed by atoms with E-state index in [4.69, 9.17) is 9.15 Å². The van der Waals surface area contributed by atoms with E-state index in [0.29, 0.717) is 30.8 Å². The number of aryl methyl sites for hydroxylation is 3. The van der Waals surface area contributed by atoms with Crippen LogP contribution in [0.15, 0.2) is 39.5 Å². The Kier molecular flexibility index (Phi) is 5.46. The lowest BCUT2D eigenvalue weighted by molar-refractivity contribution is -0.0977. The summed E-state index contributed by atoms with van der Waals surface area (Å²) in [6, 6.07) is 9.59. The highest BCUT2D eigenvalue weighted by atomic mass is 16.5. The van der Waals surface area contributed by atoms with Gasteiger partial charge < -0.3 is 19.2 Å². The molecule has 0 radical (unpaired) electrons. The number of aliphatic hydroxyl groups excluding tert-OH is 1. The summed E-state index contributed by atoms with van der Waals surface area (Å²) in [7, 11) is 1.63. The lowest BCUT2D eigenvalue weighted by atomic mass is 9.48. The van der Waals surface area contributed by atoms with E-state index in [1.807, 2.05) is 24.3 Å². The summed E-state index contributed by atoms with van der Waals surface area (Å²) in [5.74, 6) is 1.34. The first-order valence-electron chi connectivity index (χ1n) is 10.9. The summed E-state index contributed by atoms with van der Waals surface area (Å²) in [5, 5.41) is 9.95. The van der Waals surface area contributed by atoms with Crippen molar-refractivity contribution in [1.82, 2.24) is 4.90 Å². The Labute approximate surface area is 182 Å². The predicted octanol–water partition coefficient (Wildman–Crippen LogP) is 3.22. The number of fused-ring (bicyclic) bond motifs is 1. The quantitative estimate of drug-likeness (QED) is 0.769. The molecule has 6 nitrogen and oxygen atoms in total. The van der Waals surface area contributed by atoms with Gasteiger partial charge in [-0.15, -0.1) is 0 Å². The summed E-state index contributed by atoms with van der Waals surface area (Å²) in [6.45, 7) is 7.28. The summed E-state index contributed by atoms with van der Waals surface area (Å²) in [4.78, 5) is 27.7. The molecule has 1 N–H and O–H groups in total. The van der Waals surface area contributed by atoms with Crippen LogP contribution >= 0.6 is 0 Å². The summed E-state index contributed by atoms with van der Waals surface area (Å²) >= 11 is 0. The standard InChI is InChI=1S/C25H31NO5/c1-16-11-19(10-7-17-5-8-18(30-4)9-6-17)31-23(29)21(16)22(28)26-12-20-24(2,3)13-25(20,14-26)15-27/h5-6,8-9,11,20,27H,7,10,12-15H2,1-4H3/t20-,25-/m1/s1. The first-order valence-corrected chi connectivity index (χ1v) is 10.9. The van der Waals surface area contributed by atoms with Crippen molar-refractivity contribution in [3.63, 3.8) is 0 Å². The van der Waals surface area contributed by atoms with Gasteiger partial charge in [0.25, 0.3) is 5.91 Å². The van der Waals surface area contributed by atoms with E-state index in [0.717, 1.165) is 24.2 Å². The summed E-state index contributed by atoms with van der Waals surface area (Å²) in [6.07, 6.45) is 2.19. The molecule has 1 amide bonds. The zero-order chi connectivity index (χ0) is 22.4. The van der Waals surface area contributed by atoms with Gasteiger partial charge in [0.15, 0.2) is 0 Å². The zero-order valence-corrected chi connectivity index (χ0v) is 18.7. The van der Waals surface area contributed by atoms with Crippen LogP contribution in [-0.2, 0) is 12.8 Å². The van der Waals surface area contributed by atoms with Gasteiger partial charge in [0, 0.05) is 24.9 Å². The maximum absolute atomic E-state index is 13.2. The lowest BCUT2D eigenvalue weighted by Gasteiger charge is -2.55. The average molecular weight is 426 g/mol. The Morgan fingerprint density at radius 1 is 1.26 bits per heavy atom. The number of hydrogen-bond acceptors (Lipinski definition) is 5. The van der Waals surface area contributed by atoms with Crippen molar-refractivity contribution in [2.75, 3.05) is 26.8 Å². The number of ether oxygens (including phenoxy) is 1. The second-order valence-electron chi connectivity index (χ2n) is 9.83. The minimum absolute atomic E-state index is 0.0722. The molecule has 0 bridgehead atoms. The maximum atomic E-state index is 13.2. The molecule has 2 fully saturated rings. The highest BCUT2D eigenvalue weighted by Gasteiger charge is 2.63. The number of methoxy groups -OCH3 is 1. The molecule has 166 valence electrons. The van der Waals surface area contributed by atoms with E-state index in [-0.39, 0.29) is 34.8 Å². The Morgan fingerprint density at radius 2 is 1.97 bits per heavy atom. The zero-order valence-electron chi connectivity index (χ0n) is 18.7. The van der Waals surface area contributed by atoms with Crippen LogP contribution in [0.1, 0.15) is 47.5 Å². The van der Waals surface area contributed by atoms with Gasteiger partial charge in [-0.1, -0.05) is 26.0 Å². The molecule has 2 aromatic rings. The number of carbonyl (C=O) groups is 1. The van der Waals surface area contributed by atoms with E-state index in [1.54, 1.807) is 25.0 Å². The van der Waals surface area contributed by atoms with Gasteiger partial charge in [0.2, 0.25) is 0 Å². The average Bonchev–Trinajstić information content (AvgIpc) is 3.07. The third-order valence-electron chi connectivity index (χ3n) is 7.23. The van der Waals surface area contributed by atoms with Gasteiger partial charge in [0.1, 0.15) is 17.1 Å². The summed E-state index contributed by atoms with van der Waals surface area (Å²) in [5.41, 5.74) is 1.16. The Morgan fingerprint density at radius 3 is 2.52 bits per heavy atom. The number of hydrogen-bond donors (Lipinski definition) is 1. The van der Waals surface area contributed by atoms with Gasteiger partial charge in [0.05, 0.1) is 13.7 Å². The van der Waals surface area contributed by atoms with Gasteiger partial charge in [-0.2, -0.15) is 0 Å². The molecule has 1 saturated carbocycles. The molecular formula is C25H31NO5. The Balaban J connectivity index is 1.48. The minimum atomic E-state index is -0.578. The van der Waals surface area contributed by atoms with Crippen LogP contribution in [0, 0.1) is 23.7 Å². The number of rotatable bonds is 6. The van der Waals surface area contributed by atoms with Gasteiger partial charge in [-0.25, -0.2) is 4.79 Å². The summed E-state index contributed by atoms with van der Waals surface area (Å²) < 4.78 is 10.7. The van der Waals surface area contributed by atoms with Crippen molar-refractivity contribution in [2.24, 2.45) is 16.7 Å². The smallest absolute Gasteiger partial charge is 0.349 e. The molecule has 1 aliphatic heterocycles. The van der Waals surface area contributed by atoms with Crippen molar-refractivity contribution in [3.8, 4) is 5.75 Å². The predicted molar refractivity (Wildman–Crippen MR) is 117 cm³/mol. The SMILES string of the molecule is COc1ccc(CCc2cc(C)c(C(=O)N3C[C@@H]4C(C)(C)C[C@]4(CO)C3)c(=O)o2)cc1. The second-order valence-corrected chi connectivity index (χ2v) is 9.83. The van der Waals surface area contributed by atoms with E-state index in [9.17, 15) is 14.7 Å². The number of carbonyl (C=O) groups excluding carboxylic acids is 1. The van der Waals surface area contributed by atoms with Gasteiger partial charge >= 0.3 is 5.63 Å². The number of likely N-dealkylation sites (tertiary alicyclic amines) is 1. The molecule has 1 saturated heterocycles. The van der Waals surface area contributed by atoms with Gasteiger partial charge in [-0.05, 0) is 60.4 Å². The van der Waals surface area contributed by atoms with Crippen LogP contribution in [0.4, 0.5) is 0 Å². The van der Waals surface area contributed by atoms with Crippen LogP contribution in [-0.4, -0.2) is 42.7 Å². The van der Waals surface area contributed by atoms with E-state index < -0.39 is 5.63 Å². The third kappa shape index (κ3) is 3.78. The fourth-order valence-electron chi connectivity index (χ4n) is 5.77. The molecule has 1 aromatic heterocycles.